The molecule has 1 aromatic carbocycles. The van der Waals surface area contributed by atoms with E-state index < -0.39 is 12.1 Å². The van der Waals surface area contributed by atoms with Gasteiger partial charge in [0, 0.05) is 5.92 Å². The zero-order chi connectivity index (χ0) is 12.1. The van der Waals surface area contributed by atoms with Crippen molar-refractivity contribution in [2.24, 2.45) is 5.92 Å². The van der Waals surface area contributed by atoms with E-state index in [2.05, 4.69) is 6.92 Å². The Morgan fingerprint density at radius 3 is 2.62 bits per heavy atom. The topological polar surface area (TPSA) is 46.5 Å². The number of hydrogen-bond donors (Lipinski definition) is 1. The lowest BCUT2D eigenvalue weighted by Gasteiger charge is -2.18. The Morgan fingerprint density at radius 1 is 1.44 bits per heavy atom. The first-order valence-electron chi connectivity index (χ1n) is 5.53. The number of carboxylic acid groups (broad SMARTS) is 1. The largest absolute Gasteiger partial charge is 0.478 e. The van der Waals surface area contributed by atoms with Crippen molar-refractivity contribution < 1.29 is 14.6 Å². The monoisotopic (exact) mass is 222 g/mol. The van der Waals surface area contributed by atoms with Crippen molar-refractivity contribution in [3.63, 3.8) is 0 Å². The van der Waals surface area contributed by atoms with Crippen LogP contribution in [0.25, 0.3) is 0 Å². The second kappa shape index (κ2) is 5.54. The number of aryl methyl sites for hydroxylation is 1. The summed E-state index contributed by atoms with van der Waals surface area (Å²) in [4.78, 5) is 11.0. The molecule has 0 aromatic heterocycles. The maximum absolute atomic E-state index is 11.0. The maximum Gasteiger partial charge on any atom is 0.345 e. The van der Waals surface area contributed by atoms with Crippen molar-refractivity contribution in [1.82, 2.24) is 0 Å². The standard InChI is InChI=1S/C13H18O3/c1-4-10-6-5-7-11(8-10)16-12(9(2)3)13(14)15/h5-9,12H,4H2,1-3H3,(H,14,15). The van der Waals surface area contributed by atoms with Crippen LogP contribution in [-0.4, -0.2) is 17.2 Å². The van der Waals surface area contributed by atoms with E-state index >= 15 is 0 Å². The molecule has 1 N–H and O–H groups in total. The van der Waals surface area contributed by atoms with Crippen LogP contribution in [0.15, 0.2) is 24.3 Å². The molecule has 1 aromatic rings. The van der Waals surface area contributed by atoms with Crippen LogP contribution in [-0.2, 0) is 11.2 Å². The summed E-state index contributed by atoms with van der Waals surface area (Å²) in [5.74, 6) is -0.347. The zero-order valence-electron chi connectivity index (χ0n) is 9.93. The predicted octanol–water partition coefficient (Wildman–Crippen LogP) is 2.74. The summed E-state index contributed by atoms with van der Waals surface area (Å²) < 4.78 is 5.48. The Hall–Kier alpha value is -1.51. The zero-order valence-corrected chi connectivity index (χ0v) is 9.93. The fourth-order valence-corrected chi connectivity index (χ4v) is 1.46. The first kappa shape index (κ1) is 12.6. The SMILES string of the molecule is CCc1cccc(OC(C(=O)O)C(C)C)c1. The van der Waals surface area contributed by atoms with Gasteiger partial charge in [0.15, 0.2) is 6.10 Å². The molecule has 1 atom stereocenters. The minimum Gasteiger partial charge on any atom is -0.478 e. The van der Waals surface area contributed by atoms with E-state index in [0.29, 0.717) is 5.75 Å². The lowest BCUT2D eigenvalue weighted by Crippen LogP contribution is -2.32. The Bertz CT molecular complexity index is 358. The summed E-state index contributed by atoms with van der Waals surface area (Å²) in [6.45, 7) is 5.72. The van der Waals surface area contributed by atoms with Gasteiger partial charge in [0.1, 0.15) is 5.75 Å². The third-order valence-corrected chi connectivity index (χ3v) is 2.42. The van der Waals surface area contributed by atoms with Gasteiger partial charge in [-0.1, -0.05) is 32.9 Å². The average Bonchev–Trinajstić information content (AvgIpc) is 2.25. The molecule has 0 spiro atoms. The molecule has 0 heterocycles. The molecule has 16 heavy (non-hydrogen) atoms. The Kier molecular flexibility index (Phi) is 4.35. The van der Waals surface area contributed by atoms with Gasteiger partial charge in [-0.15, -0.1) is 0 Å². The van der Waals surface area contributed by atoms with Crippen molar-refractivity contribution in [3.05, 3.63) is 29.8 Å². The van der Waals surface area contributed by atoms with Crippen LogP contribution >= 0.6 is 0 Å². The highest BCUT2D eigenvalue weighted by molar-refractivity contribution is 5.73. The third kappa shape index (κ3) is 3.26. The molecule has 0 bridgehead atoms. The number of ether oxygens (including phenoxy) is 1. The molecule has 0 saturated heterocycles. The van der Waals surface area contributed by atoms with Gasteiger partial charge in [-0.3, -0.25) is 0 Å². The van der Waals surface area contributed by atoms with Crippen LogP contribution in [0.5, 0.6) is 5.75 Å². The Labute approximate surface area is 96.1 Å². The van der Waals surface area contributed by atoms with Gasteiger partial charge < -0.3 is 9.84 Å². The summed E-state index contributed by atoms with van der Waals surface area (Å²) in [5, 5.41) is 9.01. The summed E-state index contributed by atoms with van der Waals surface area (Å²) in [6.07, 6.45) is 0.128. The van der Waals surface area contributed by atoms with Gasteiger partial charge in [-0.25, -0.2) is 4.79 Å². The van der Waals surface area contributed by atoms with Crippen molar-refractivity contribution >= 4 is 5.97 Å². The van der Waals surface area contributed by atoms with E-state index in [0.717, 1.165) is 12.0 Å². The number of benzene rings is 1. The number of aliphatic carboxylic acids is 1. The van der Waals surface area contributed by atoms with E-state index in [1.807, 2.05) is 32.0 Å². The van der Waals surface area contributed by atoms with Crippen LogP contribution in [0.4, 0.5) is 0 Å². The second-order valence-corrected chi connectivity index (χ2v) is 4.12. The minimum absolute atomic E-state index is 0.0530. The highest BCUT2D eigenvalue weighted by Crippen LogP contribution is 2.18. The molecule has 3 nitrogen and oxygen atoms in total. The lowest BCUT2D eigenvalue weighted by molar-refractivity contribution is -0.147. The molecule has 0 aliphatic rings. The molecule has 0 aliphatic carbocycles. The van der Waals surface area contributed by atoms with Gasteiger partial charge in [-0.2, -0.15) is 0 Å². The molecule has 3 heteroatoms. The average molecular weight is 222 g/mol. The molecule has 0 fully saturated rings. The predicted molar refractivity (Wildman–Crippen MR) is 62.7 cm³/mol. The number of carboxylic acids is 1. The van der Waals surface area contributed by atoms with Crippen molar-refractivity contribution in [3.8, 4) is 5.75 Å². The van der Waals surface area contributed by atoms with Crippen LogP contribution in [0.2, 0.25) is 0 Å². The van der Waals surface area contributed by atoms with Crippen molar-refractivity contribution in [2.45, 2.75) is 33.3 Å². The van der Waals surface area contributed by atoms with E-state index in [1.165, 1.54) is 0 Å². The van der Waals surface area contributed by atoms with Crippen molar-refractivity contribution in [2.75, 3.05) is 0 Å². The van der Waals surface area contributed by atoms with Crippen molar-refractivity contribution in [1.29, 1.82) is 0 Å². The van der Waals surface area contributed by atoms with E-state index in [1.54, 1.807) is 6.07 Å². The van der Waals surface area contributed by atoms with Gasteiger partial charge in [-0.05, 0) is 24.1 Å². The van der Waals surface area contributed by atoms with Crippen LogP contribution in [0, 0.1) is 5.92 Å². The van der Waals surface area contributed by atoms with Crippen LogP contribution in [0.1, 0.15) is 26.3 Å². The number of rotatable bonds is 5. The maximum atomic E-state index is 11.0. The smallest absolute Gasteiger partial charge is 0.345 e. The quantitative estimate of drug-likeness (QED) is 0.833. The van der Waals surface area contributed by atoms with Crippen LogP contribution < -0.4 is 4.74 Å². The minimum atomic E-state index is -0.920. The third-order valence-electron chi connectivity index (χ3n) is 2.42. The van der Waals surface area contributed by atoms with Crippen LogP contribution in [0.3, 0.4) is 0 Å². The molecular formula is C13H18O3. The fraction of sp³-hybridized carbons (Fsp3) is 0.462. The lowest BCUT2D eigenvalue weighted by atomic mass is 10.1. The van der Waals surface area contributed by atoms with E-state index in [4.69, 9.17) is 9.84 Å². The summed E-state index contributed by atoms with van der Waals surface area (Å²) in [7, 11) is 0. The van der Waals surface area contributed by atoms with E-state index in [9.17, 15) is 4.79 Å². The van der Waals surface area contributed by atoms with Gasteiger partial charge in [0.25, 0.3) is 0 Å². The fourth-order valence-electron chi connectivity index (χ4n) is 1.46. The van der Waals surface area contributed by atoms with Gasteiger partial charge in [0.2, 0.25) is 0 Å². The molecule has 0 amide bonds. The Balaban J connectivity index is 2.81. The normalized spacial score (nSPS) is 12.5. The first-order chi connectivity index (χ1) is 7.54. The molecule has 0 aliphatic heterocycles. The Morgan fingerprint density at radius 2 is 2.12 bits per heavy atom. The number of hydrogen-bond acceptors (Lipinski definition) is 2. The molecule has 0 radical (unpaired) electrons. The first-order valence-corrected chi connectivity index (χ1v) is 5.53. The molecule has 88 valence electrons. The van der Waals surface area contributed by atoms with E-state index in [-0.39, 0.29) is 5.92 Å². The highest BCUT2D eigenvalue weighted by atomic mass is 16.5. The molecular weight excluding hydrogens is 204 g/mol. The molecule has 1 unspecified atom stereocenters. The number of carbonyl (C=O) groups is 1. The molecule has 0 saturated carbocycles. The van der Waals surface area contributed by atoms with Gasteiger partial charge >= 0.3 is 5.97 Å². The summed E-state index contributed by atoms with van der Waals surface area (Å²) >= 11 is 0. The highest BCUT2D eigenvalue weighted by Gasteiger charge is 2.23. The summed E-state index contributed by atoms with van der Waals surface area (Å²) in [6, 6.07) is 7.56. The van der Waals surface area contributed by atoms with Gasteiger partial charge in [0.05, 0.1) is 0 Å². The summed E-state index contributed by atoms with van der Waals surface area (Å²) in [5.41, 5.74) is 1.14. The second-order valence-electron chi connectivity index (χ2n) is 4.12. The molecule has 1 rings (SSSR count).